The van der Waals surface area contributed by atoms with Crippen LogP contribution in [0.1, 0.15) is 19.0 Å². The van der Waals surface area contributed by atoms with Gasteiger partial charge >= 0.3 is 0 Å². The first-order chi connectivity index (χ1) is 7.20. The van der Waals surface area contributed by atoms with Gasteiger partial charge in [-0.15, -0.1) is 0 Å². The predicted octanol–water partition coefficient (Wildman–Crippen LogP) is 1.56. The number of carbonyl (C=O) groups excluding carboxylic acids is 1. The summed E-state index contributed by atoms with van der Waals surface area (Å²) in [5.41, 5.74) is 1.80. The number of aryl methyl sites for hydroxylation is 1. The number of fused-ring (bicyclic) bond motifs is 1. The van der Waals surface area contributed by atoms with E-state index in [1.54, 1.807) is 0 Å². The second-order valence-electron chi connectivity index (χ2n) is 3.79. The molecule has 2 rings (SSSR count). The summed E-state index contributed by atoms with van der Waals surface area (Å²) in [5.74, 6) is 0.943. The monoisotopic (exact) mass is 205 g/mol. The zero-order valence-corrected chi connectivity index (χ0v) is 9.08. The maximum atomic E-state index is 11.4. The molecule has 0 saturated heterocycles. The Kier molecular flexibility index (Phi) is 2.58. The molecule has 2 heterocycles. The molecule has 0 aliphatic carbocycles. The largest absolute Gasteiger partial charge is 0.346 e. The first-order valence-electron chi connectivity index (χ1n) is 5.23. The summed E-state index contributed by atoms with van der Waals surface area (Å²) >= 11 is 0. The van der Waals surface area contributed by atoms with Crippen molar-refractivity contribution < 1.29 is 4.79 Å². The molecule has 4 nitrogen and oxygen atoms in total. The van der Waals surface area contributed by atoms with Gasteiger partial charge in [0, 0.05) is 12.2 Å². The van der Waals surface area contributed by atoms with Gasteiger partial charge in [-0.1, -0.05) is 6.92 Å². The Morgan fingerprint density at radius 2 is 2.33 bits per heavy atom. The molecule has 0 fully saturated rings. The van der Waals surface area contributed by atoms with E-state index in [0.717, 1.165) is 30.2 Å². The number of nitrogens with zero attached hydrogens (tertiary/aromatic N) is 2. The van der Waals surface area contributed by atoms with E-state index < -0.39 is 0 Å². The van der Waals surface area contributed by atoms with Gasteiger partial charge in [0.2, 0.25) is 5.91 Å². The zero-order valence-electron chi connectivity index (χ0n) is 9.08. The molecule has 0 saturated carbocycles. The summed E-state index contributed by atoms with van der Waals surface area (Å²) in [6.07, 6.45) is 1.02. The number of rotatable bonds is 2. The third kappa shape index (κ3) is 1.93. The molecule has 80 valence electrons. The van der Waals surface area contributed by atoms with Crippen molar-refractivity contribution in [3.05, 3.63) is 17.8 Å². The Morgan fingerprint density at radius 1 is 1.53 bits per heavy atom. The highest BCUT2D eigenvalue weighted by atomic mass is 16.2. The molecule has 1 aromatic rings. The summed E-state index contributed by atoms with van der Waals surface area (Å²) in [6, 6.07) is 3.83. The Hall–Kier alpha value is -1.58. The van der Waals surface area contributed by atoms with E-state index in [0.29, 0.717) is 6.54 Å². The maximum Gasteiger partial charge on any atom is 0.244 e. The minimum Gasteiger partial charge on any atom is -0.346 e. The van der Waals surface area contributed by atoms with E-state index in [9.17, 15) is 4.79 Å². The number of nitrogens with one attached hydrogen (secondary N) is 1. The van der Waals surface area contributed by atoms with Crippen LogP contribution in [-0.4, -0.2) is 24.0 Å². The maximum absolute atomic E-state index is 11.4. The molecule has 1 aliphatic heterocycles. The third-order valence-electron chi connectivity index (χ3n) is 2.42. The highest BCUT2D eigenvalue weighted by molar-refractivity contribution is 6.00. The average molecular weight is 205 g/mol. The normalized spacial score (nSPS) is 14.8. The molecule has 0 unspecified atom stereocenters. The SMILES string of the molecule is CCCN1CC(=O)Nc2ccc(C)nc21. The van der Waals surface area contributed by atoms with E-state index in [1.807, 2.05) is 24.0 Å². The molecule has 0 atom stereocenters. The number of carbonyl (C=O) groups is 1. The quantitative estimate of drug-likeness (QED) is 0.797. The average Bonchev–Trinajstić information content (AvgIpc) is 2.19. The van der Waals surface area contributed by atoms with Gasteiger partial charge in [-0.05, 0) is 25.5 Å². The fourth-order valence-electron chi connectivity index (χ4n) is 1.77. The standard InChI is InChI=1S/C11H15N3O/c1-3-6-14-7-10(15)13-9-5-4-8(2)12-11(9)14/h4-5H,3,6-7H2,1-2H3,(H,13,15). The van der Waals surface area contributed by atoms with E-state index in [1.165, 1.54) is 0 Å². The van der Waals surface area contributed by atoms with Crippen molar-refractivity contribution in [3.63, 3.8) is 0 Å². The van der Waals surface area contributed by atoms with Crippen LogP contribution in [0.4, 0.5) is 11.5 Å². The van der Waals surface area contributed by atoms with Crippen molar-refractivity contribution in [1.29, 1.82) is 0 Å². The van der Waals surface area contributed by atoms with Crippen LogP contribution in [0.15, 0.2) is 12.1 Å². The molecule has 1 aromatic heterocycles. The van der Waals surface area contributed by atoms with Crippen molar-refractivity contribution >= 4 is 17.4 Å². The van der Waals surface area contributed by atoms with Crippen molar-refractivity contribution in [2.75, 3.05) is 23.3 Å². The Balaban J connectivity index is 2.38. The van der Waals surface area contributed by atoms with Crippen LogP contribution < -0.4 is 10.2 Å². The first kappa shape index (κ1) is 9.96. The van der Waals surface area contributed by atoms with Crippen LogP contribution in [0.3, 0.4) is 0 Å². The van der Waals surface area contributed by atoms with E-state index >= 15 is 0 Å². The summed E-state index contributed by atoms with van der Waals surface area (Å²) in [4.78, 5) is 17.9. The Labute approximate surface area is 89.3 Å². The molecule has 0 radical (unpaired) electrons. The van der Waals surface area contributed by atoms with Gasteiger partial charge in [0.15, 0.2) is 5.82 Å². The van der Waals surface area contributed by atoms with Crippen molar-refractivity contribution in [1.82, 2.24) is 4.98 Å². The smallest absolute Gasteiger partial charge is 0.244 e. The lowest BCUT2D eigenvalue weighted by molar-refractivity contribution is -0.115. The molecule has 15 heavy (non-hydrogen) atoms. The molecular formula is C11H15N3O. The first-order valence-corrected chi connectivity index (χ1v) is 5.23. The molecular weight excluding hydrogens is 190 g/mol. The highest BCUT2D eigenvalue weighted by Crippen LogP contribution is 2.27. The minimum absolute atomic E-state index is 0.0432. The number of hydrogen-bond acceptors (Lipinski definition) is 3. The fraction of sp³-hybridized carbons (Fsp3) is 0.455. The third-order valence-corrected chi connectivity index (χ3v) is 2.42. The number of anilines is 2. The number of pyridine rings is 1. The van der Waals surface area contributed by atoms with Crippen LogP contribution in [0.5, 0.6) is 0 Å². The minimum atomic E-state index is 0.0432. The van der Waals surface area contributed by atoms with Gasteiger partial charge in [0.05, 0.1) is 12.2 Å². The van der Waals surface area contributed by atoms with Gasteiger partial charge in [-0.25, -0.2) is 4.98 Å². The lowest BCUT2D eigenvalue weighted by Crippen LogP contribution is -2.39. The van der Waals surface area contributed by atoms with Gasteiger partial charge in [-0.2, -0.15) is 0 Å². The number of hydrogen-bond donors (Lipinski definition) is 1. The number of aromatic nitrogens is 1. The fourth-order valence-corrected chi connectivity index (χ4v) is 1.77. The summed E-state index contributed by atoms with van der Waals surface area (Å²) in [5, 5.41) is 2.83. The summed E-state index contributed by atoms with van der Waals surface area (Å²) in [7, 11) is 0. The lowest BCUT2D eigenvalue weighted by atomic mass is 10.2. The molecule has 1 amide bonds. The molecule has 0 bridgehead atoms. The molecule has 1 aliphatic rings. The van der Waals surface area contributed by atoms with Gasteiger partial charge in [0.1, 0.15) is 0 Å². The zero-order chi connectivity index (χ0) is 10.8. The van der Waals surface area contributed by atoms with Crippen LogP contribution >= 0.6 is 0 Å². The number of amides is 1. The van der Waals surface area contributed by atoms with Crippen molar-refractivity contribution in [2.45, 2.75) is 20.3 Å². The molecule has 1 N–H and O–H groups in total. The molecule has 0 aromatic carbocycles. The topological polar surface area (TPSA) is 45.2 Å². The predicted molar refractivity (Wildman–Crippen MR) is 60.1 cm³/mol. The summed E-state index contributed by atoms with van der Waals surface area (Å²) in [6.45, 7) is 5.34. The van der Waals surface area contributed by atoms with Gasteiger partial charge in [0.25, 0.3) is 0 Å². The second-order valence-corrected chi connectivity index (χ2v) is 3.79. The summed E-state index contributed by atoms with van der Waals surface area (Å²) < 4.78 is 0. The van der Waals surface area contributed by atoms with E-state index in [2.05, 4.69) is 17.2 Å². The molecule has 0 spiro atoms. The Bertz CT molecular complexity index is 389. The second kappa shape index (κ2) is 3.88. The lowest BCUT2D eigenvalue weighted by Gasteiger charge is -2.29. The van der Waals surface area contributed by atoms with Crippen LogP contribution in [0.2, 0.25) is 0 Å². The van der Waals surface area contributed by atoms with Crippen molar-refractivity contribution in [2.24, 2.45) is 0 Å². The Morgan fingerprint density at radius 3 is 3.07 bits per heavy atom. The van der Waals surface area contributed by atoms with Crippen LogP contribution in [0, 0.1) is 6.92 Å². The van der Waals surface area contributed by atoms with E-state index in [4.69, 9.17) is 0 Å². The molecule has 4 heteroatoms. The van der Waals surface area contributed by atoms with Gasteiger partial charge in [-0.3, -0.25) is 4.79 Å². The highest BCUT2D eigenvalue weighted by Gasteiger charge is 2.22. The van der Waals surface area contributed by atoms with Crippen LogP contribution in [0.25, 0.3) is 0 Å². The van der Waals surface area contributed by atoms with Crippen LogP contribution in [-0.2, 0) is 4.79 Å². The van der Waals surface area contributed by atoms with Crippen molar-refractivity contribution in [3.8, 4) is 0 Å². The van der Waals surface area contributed by atoms with Gasteiger partial charge < -0.3 is 10.2 Å². The van der Waals surface area contributed by atoms with E-state index in [-0.39, 0.29) is 5.91 Å².